The molecule has 1 aliphatic heterocycles. The number of rotatable bonds is 12. The van der Waals surface area contributed by atoms with E-state index in [1.807, 2.05) is 78.2 Å². The van der Waals surface area contributed by atoms with Gasteiger partial charge in [0, 0.05) is 56.1 Å². The number of carbonyl (C=O) groups excluding carboxylic acids is 1. The summed E-state index contributed by atoms with van der Waals surface area (Å²) >= 11 is 0. The van der Waals surface area contributed by atoms with Crippen LogP contribution < -0.4 is 20.9 Å². The quantitative estimate of drug-likeness (QED) is 0.119. The molecule has 2 aliphatic rings. The number of aromatic nitrogens is 9. The van der Waals surface area contributed by atoms with Gasteiger partial charge < -0.3 is 35.6 Å². The molecule has 1 aliphatic carbocycles. The maximum absolute atomic E-state index is 13.2. The van der Waals surface area contributed by atoms with Crippen LogP contribution in [0.25, 0.3) is 22.1 Å². The zero-order chi connectivity index (χ0) is 39.6. The first kappa shape index (κ1) is 37.1. The molecule has 1 unspecified atom stereocenters. The van der Waals surface area contributed by atoms with Crippen molar-refractivity contribution in [3.05, 3.63) is 126 Å². The molecule has 296 valence electrons. The van der Waals surface area contributed by atoms with E-state index in [1.165, 1.54) is 4.80 Å². The van der Waals surface area contributed by atoms with Crippen LogP contribution in [0.15, 0.2) is 104 Å². The molecule has 16 heteroatoms. The average molecular weight is 780 g/mol. The number of aliphatic hydroxyl groups excluding tert-OH is 2. The number of hydrogen-bond donors (Lipinski definition) is 5. The molecule has 9 rings (SSSR count). The molecule has 2 amide bonds. The van der Waals surface area contributed by atoms with Crippen molar-refractivity contribution in [2.24, 2.45) is 0 Å². The third-order valence-corrected chi connectivity index (χ3v) is 11.3. The molecule has 5 N–H and O–H groups in total. The zero-order valence-electron chi connectivity index (χ0n) is 32.0. The Morgan fingerprint density at radius 1 is 0.897 bits per heavy atom. The molecule has 0 radical (unpaired) electrons. The summed E-state index contributed by atoms with van der Waals surface area (Å²) in [5.74, 6) is 1.59. The van der Waals surface area contributed by atoms with Crippen molar-refractivity contribution in [3.63, 3.8) is 0 Å². The maximum atomic E-state index is 13.2. The summed E-state index contributed by atoms with van der Waals surface area (Å²) in [6.45, 7) is 3.93. The van der Waals surface area contributed by atoms with E-state index in [9.17, 15) is 15.0 Å². The van der Waals surface area contributed by atoms with Crippen LogP contribution in [0, 0.1) is 0 Å². The molecule has 58 heavy (non-hydrogen) atoms. The van der Waals surface area contributed by atoms with E-state index in [2.05, 4.69) is 65.5 Å². The van der Waals surface area contributed by atoms with Crippen LogP contribution in [0.2, 0.25) is 0 Å². The summed E-state index contributed by atoms with van der Waals surface area (Å²) in [5.41, 5.74) is 5.24. The molecular weight excluding hydrogens is 735 g/mol. The molecule has 5 heterocycles. The van der Waals surface area contributed by atoms with Crippen molar-refractivity contribution >= 4 is 39.9 Å². The molecule has 16 nitrogen and oxygen atoms in total. The van der Waals surface area contributed by atoms with Gasteiger partial charge in [-0.05, 0) is 46.9 Å². The molecular formula is C42H45N13O3. The Morgan fingerprint density at radius 3 is 2.40 bits per heavy atom. The lowest BCUT2D eigenvalue weighted by molar-refractivity contribution is 0.00473. The number of para-hydroxylation sites is 1. The smallest absolute Gasteiger partial charge is 0.315 e. The van der Waals surface area contributed by atoms with Gasteiger partial charge in [0.15, 0.2) is 22.8 Å². The molecule has 1 saturated carbocycles. The fourth-order valence-corrected chi connectivity index (χ4v) is 8.22. The summed E-state index contributed by atoms with van der Waals surface area (Å²) in [7, 11) is 0. The van der Waals surface area contributed by atoms with Crippen LogP contribution in [0.1, 0.15) is 60.3 Å². The third kappa shape index (κ3) is 7.39. The fraction of sp³-hybridized carbons (Fsp3) is 0.333. The predicted octanol–water partition coefficient (Wildman–Crippen LogP) is 4.15. The SMILES string of the molecule is CCc1nnn([C@H]2C[C@@H](n3cnc4c(NCC(c5ccccc5)c5ccccc5)nc(N5CCC(NC(=O)NCc6ccnc7ccccc67)C5)nc43)[C@H](O)[C@@H]2O)n1. The van der Waals surface area contributed by atoms with Gasteiger partial charge in [-0.1, -0.05) is 85.8 Å². The molecule has 4 aromatic heterocycles. The summed E-state index contributed by atoms with van der Waals surface area (Å²) in [6, 6.07) is 28.9. The Labute approximate surface area is 334 Å². The van der Waals surface area contributed by atoms with Crippen LogP contribution in [0.3, 0.4) is 0 Å². The Balaban J connectivity index is 0.985. The van der Waals surface area contributed by atoms with Gasteiger partial charge in [0.2, 0.25) is 5.95 Å². The molecule has 3 aromatic carbocycles. The van der Waals surface area contributed by atoms with Gasteiger partial charge in [-0.15, -0.1) is 10.2 Å². The molecule has 1 saturated heterocycles. The lowest BCUT2D eigenvalue weighted by Gasteiger charge is -2.22. The number of pyridine rings is 1. The summed E-state index contributed by atoms with van der Waals surface area (Å²) in [5, 5.41) is 46.1. The van der Waals surface area contributed by atoms with E-state index < -0.39 is 24.3 Å². The molecule has 0 bridgehead atoms. The van der Waals surface area contributed by atoms with Crippen molar-refractivity contribution in [1.82, 2.24) is 55.3 Å². The Morgan fingerprint density at radius 2 is 1.64 bits per heavy atom. The lowest BCUT2D eigenvalue weighted by Crippen LogP contribution is -2.43. The maximum Gasteiger partial charge on any atom is 0.315 e. The zero-order valence-corrected chi connectivity index (χ0v) is 32.0. The first-order valence-electron chi connectivity index (χ1n) is 19.8. The number of nitrogens with zero attached hydrogens (tertiary/aromatic N) is 10. The standard InChI is InChI=1S/C42H45N13O3/c1-2-35-50-52-55(51-35)34-21-33(37(56)38(34)57)54-25-46-36-39(44-23-31(26-11-5-3-6-12-26)27-13-7-4-8-14-27)48-41(49-40(36)54)53-20-18-29(24-53)47-42(58)45-22-28-17-19-43-32-16-10-9-15-30(28)32/h3-17,19,25,29,31,33-34,37-38,56-57H,2,18,20-24H2,1H3,(H,44,48,49)(H2,45,47,58)/t29?,33-,34+,37+,38-/m1/s1. The van der Waals surface area contributed by atoms with Crippen molar-refractivity contribution in [1.29, 1.82) is 0 Å². The highest BCUT2D eigenvalue weighted by atomic mass is 16.3. The van der Waals surface area contributed by atoms with Crippen LogP contribution in [-0.2, 0) is 13.0 Å². The summed E-state index contributed by atoms with van der Waals surface area (Å²) in [4.78, 5) is 36.0. The number of aliphatic hydroxyl groups is 2. The first-order valence-corrected chi connectivity index (χ1v) is 19.8. The van der Waals surface area contributed by atoms with Gasteiger partial charge in [-0.2, -0.15) is 14.8 Å². The van der Waals surface area contributed by atoms with Crippen molar-refractivity contribution in [3.8, 4) is 0 Å². The number of tetrazole rings is 1. The van der Waals surface area contributed by atoms with E-state index in [-0.39, 0.29) is 18.0 Å². The highest BCUT2D eigenvalue weighted by molar-refractivity contribution is 5.85. The third-order valence-electron chi connectivity index (χ3n) is 11.3. The number of fused-ring (bicyclic) bond motifs is 2. The number of benzene rings is 3. The van der Waals surface area contributed by atoms with Crippen molar-refractivity contribution in [2.45, 2.75) is 69.0 Å². The Bertz CT molecular complexity index is 2470. The van der Waals surface area contributed by atoms with Crippen LogP contribution in [0.5, 0.6) is 0 Å². The number of imidazole rings is 1. The minimum absolute atomic E-state index is 0.0118. The topological polar surface area (TPSA) is 197 Å². The van der Waals surface area contributed by atoms with Crippen molar-refractivity contribution < 1.29 is 15.0 Å². The second-order valence-electron chi connectivity index (χ2n) is 14.9. The second kappa shape index (κ2) is 16.1. The van der Waals surface area contributed by atoms with E-state index in [1.54, 1.807) is 12.5 Å². The number of anilines is 2. The molecule has 5 atom stereocenters. The fourth-order valence-electron chi connectivity index (χ4n) is 8.22. The van der Waals surface area contributed by atoms with E-state index >= 15 is 0 Å². The van der Waals surface area contributed by atoms with Crippen LogP contribution in [-0.4, -0.2) is 98.8 Å². The van der Waals surface area contributed by atoms with Crippen LogP contribution in [0.4, 0.5) is 16.6 Å². The van der Waals surface area contributed by atoms with E-state index in [0.29, 0.717) is 74.2 Å². The highest BCUT2D eigenvalue weighted by Gasteiger charge is 2.45. The van der Waals surface area contributed by atoms with Crippen LogP contribution >= 0.6 is 0 Å². The van der Waals surface area contributed by atoms with Gasteiger partial charge in [0.05, 0.1) is 17.9 Å². The second-order valence-corrected chi connectivity index (χ2v) is 14.9. The van der Waals surface area contributed by atoms with Gasteiger partial charge in [0.25, 0.3) is 0 Å². The number of carbonyl (C=O) groups is 1. The first-order chi connectivity index (χ1) is 28.4. The number of aryl methyl sites for hydroxylation is 1. The average Bonchev–Trinajstić information content (AvgIpc) is 4.08. The Hall–Kier alpha value is -6.52. The molecule has 2 fully saturated rings. The van der Waals surface area contributed by atoms with Gasteiger partial charge in [-0.25, -0.2) is 9.78 Å². The van der Waals surface area contributed by atoms with Gasteiger partial charge in [-0.3, -0.25) is 4.98 Å². The minimum Gasteiger partial charge on any atom is -0.388 e. The van der Waals surface area contributed by atoms with E-state index in [0.717, 1.165) is 27.6 Å². The normalized spacial score (nSPS) is 20.6. The molecule has 7 aromatic rings. The number of amides is 2. The number of hydrogen-bond acceptors (Lipinski definition) is 12. The minimum atomic E-state index is -1.14. The van der Waals surface area contributed by atoms with Gasteiger partial charge in [0.1, 0.15) is 18.2 Å². The lowest BCUT2D eigenvalue weighted by atomic mass is 9.91. The number of urea groups is 1. The monoisotopic (exact) mass is 779 g/mol. The Kier molecular flexibility index (Phi) is 10.3. The predicted molar refractivity (Wildman–Crippen MR) is 218 cm³/mol. The number of nitrogens with one attached hydrogen (secondary N) is 3. The van der Waals surface area contributed by atoms with E-state index in [4.69, 9.17) is 15.0 Å². The van der Waals surface area contributed by atoms with Crippen molar-refractivity contribution in [2.75, 3.05) is 29.9 Å². The largest absolute Gasteiger partial charge is 0.388 e. The summed E-state index contributed by atoms with van der Waals surface area (Å²) < 4.78 is 1.82. The molecule has 0 spiro atoms. The van der Waals surface area contributed by atoms with Gasteiger partial charge >= 0.3 is 6.03 Å². The summed E-state index contributed by atoms with van der Waals surface area (Å²) in [6.07, 6.45) is 2.76. The highest BCUT2D eigenvalue weighted by Crippen LogP contribution is 2.40.